The van der Waals surface area contributed by atoms with Gasteiger partial charge in [-0.2, -0.15) is 0 Å². The summed E-state index contributed by atoms with van der Waals surface area (Å²) in [5.74, 6) is 0.889. The van der Waals surface area contributed by atoms with E-state index in [1.54, 1.807) is 0 Å². The van der Waals surface area contributed by atoms with Crippen molar-refractivity contribution >= 4 is 17.7 Å². The van der Waals surface area contributed by atoms with Crippen LogP contribution in [0.3, 0.4) is 0 Å². The molecule has 160 valence electrons. The number of ether oxygens (including phenoxy) is 1. The van der Waals surface area contributed by atoms with Gasteiger partial charge in [0.05, 0.1) is 0 Å². The van der Waals surface area contributed by atoms with Crippen LogP contribution in [-0.4, -0.2) is 34.7 Å². The van der Waals surface area contributed by atoms with E-state index in [0.29, 0.717) is 11.8 Å². The monoisotopic (exact) mass is 406 g/mol. The van der Waals surface area contributed by atoms with Crippen molar-refractivity contribution in [2.75, 3.05) is 13.1 Å². The fourth-order valence-corrected chi connectivity index (χ4v) is 3.92. The molecule has 0 spiro atoms. The second-order valence-electron chi connectivity index (χ2n) is 9.40. The molecular formula is C26H34N2O2. The minimum Gasteiger partial charge on any atom is -0.444 e. The van der Waals surface area contributed by atoms with Crippen molar-refractivity contribution in [1.82, 2.24) is 9.88 Å². The Labute approximate surface area is 181 Å². The second-order valence-corrected chi connectivity index (χ2v) is 9.40. The standard InChI is InChI=1S/C26H34N2O2/c1-19(2)24(17-20-9-13-27-14-10-20)23-8-6-7-22(18-23)21-11-15-28(16-12-21)25(29)30-26(3,4)5/h6-10,13-14,17-19,21H,11-12,15-16H2,1-5H3/b24-17+. The highest BCUT2D eigenvalue weighted by Crippen LogP contribution is 2.32. The van der Waals surface area contributed by atoms with Crippen molar-refractivity contribution in [1.29, 1.82) is 0 Å². The molecule has 3 rings (SSSR count). The summed E-state index contributed by atoms with van der Waals surface area (Å²) in [6.45, 7) is 11.7. The Morgan fingerprint density at radius 3 is 2.40 bits per heavy atom. The third-order valence-corrected chi connectivity index (χ3v) is 5.49. The zero-order chi connectivity index (χ0) is 21.7. The van der Waals surface area contributed by atoms with Crippen molar-refractivity contribution in [2.45, 2.75) is 59.0 Å². The summed E-state index contributed by atoms with van der Waals surface area (Å²) in [4.78, 5) is 18.3. The van der Waals surface area contributed by atoms with E-state index >= 15 is 0 Å². The first-order valence-corrected chi connectivity index (χ1v) is 10.9. The molecule has 0 unspecified atom stereocenters. The lowest BCUT2D eigenvalue weighted by molar-refractivity contribution is 0.0205. The Bertz CT molecular complexity index is 873. The predicted octanol–water partition coefficient (Wildman–Crippen LogP) is 6.39. The number of hydrogen-bond donors (Lipinski definition) is 0. The number of hydrogen-bond acceptors (Lipinski definition) is 3. The van der Waals surface area contributed by atoms with E-state index < -0.39 is 5.60 Å². The maximum absolute atomic E-state index is 12.3. The van der Waals surface area contributed by atoms with E-state index in [9.17, 15) is 4.79 Å². The minimum absolute atomic E-state index is 0.197. The number of benzene rings is 1. The summed E-state index contributed by atoms with van der Waals surface area (Å²) < 4.78 is 5.53. The van der Waals surface area contributed by atoms with Crippen LogP contribution in [-0.2, 0) is 4.74 Å². The summed E-state index contributed by atoms with van der Waals surface area (Å²) in [7, 11) is 0. The Morgan fingerprint density at radius 1 is 1.13 bits per heavy atom. The maximum Gasteiger partial charge on any atom is 0.410 e. The summed E-state index contributed by atoms with van der Waals surface area (Å²) >= 11 is 0. The molecule has 2 aromatic rings. The molecule has 1 aliphatic rings. The van der Waals surface area contributed by atoms with Crippen LogP contribution in [0.4, 0.5) is 4.79 Å². The van der Waals surface area contributed by atoms with Gasteiger partial charge < -0.3 is 9.64 Å². The molecule has 1 aromatic carbocycles. The lowest BCUT2D eigenvalue weighted by Crippen LogP contribution is -2.41. The molecule has 0 N–H and O–H groups in total. The highest BCUT2D eigenvalue weighted by atomic mass is 16.6. The van der Waals surface area contributed by atoms with Crippen LogP contribution in [0.25, 0.3) is 11.6 Å². The fourth-order valence-electron chi connectivity index (χ4n) is 3.92. The van der Waals surface area contributed by atoms with Crippen LogP contribution in [0, 0.1) is 5.92 Å². The number of aromatic nitrogens is 1. The average molecular weight is 407 g/mol. The van der Waals surface area contributed by atoms with Gasteiger partial charge in [-0.1, -0.05) is 44.2 Å². The zero-order valence-corrected chi connectivity index (χ0v) is 18.9. The van der Waals surface area contributed by atoms with Gasteiger partial charge in [0.15, 0.2) is 0 Å². The van der Waals surface area contributed by atoms with Crippen LogP contribution < -0.4 is 0 Å². The summed E-state index contributed by atoms with van der Waals surface area (Å²) in [6.07, 6.45) is 7.66. The van der Waals surface area contributed by atoms with Crippen molar-refractivity contribution in [3.63, 3.8) is 0 Å². The molecule has 1 aromatic heterocycles. The SMILES string of the molecule is CC(C)/C(=C\c1ccncc1)c1cccc(C2CCN(C(=O)OC(C)(C)C)CC2)c1. The molecule has 4 heteroatoms. The molecule has 1 aliphatic heterocycles. The van der Waals surface area contributed by atoms with E-state index in [2.05, 4.69) is 49.2 Å². The smallest absolute Gasteiger partial charge is 0.410 e. The van der Waals surface area contributed by atoms with Crippen molar-refractivity contribution in [3.8, 4) is 0 Å². The largest absolute Gasteiger partial charge is 0.444 e. The van der Waals surface area contributed by atoms with E-state index in [4.69, 9.17) is 4.74 Å². The molecule has 0 radical (unpaired) electrons. The molecule has 0 saturated carbocycles. The Morgan fingerprint density at radius 2 is 1.80 bits per heavy atom. The Kier molecular flexibility index (Phi) is 6.96. The molecule has 1 saturated heterocycles. The van der Waals surface area contributed by atoms with Gasteiger partial charge in [-0.05, 0) is 79.8 Å². The highest BCUT2D eigenvalue weighted by Gasteiger charge is 2.27. The maximum atomic E-state index is 12.3. The summed E-state index contributed by atoms with van der Waals surface area (Å²) in [5, 5.41) is 0. The van der Waals surface area contributed by atoms with Gasteiger partial charge in [0.2, 0.25) is 0 Å². The van der Waals surface area contributed by atoms with E-state index in [0.717, 1.165) is 25.9 Å². The van der Waals surface area contributed by atoms with E-state index in [-0.39, 0.29) is 6.09 Å². The highest BCUT2D eigenvalue weighted by molar-refractivity contribution is 5.82. The van der Waals surface area contributed by atoms with Crippen molar-refractivity contribution in [2.24, 2.45) is 5.92 Å². The third-order valence-electron chi connectivity index (χ3n) is 5.49. The van der Waals surface area contributed by atoms with Crippen molar-refractivity contribution in [3.05, 3.63) is 65.5 Å². The van der Waals surface area contributed by atoms with Gasteiger partial charge >= 0.3 is 6.09 Å². The van der Waals surface area contributed by atoms with E-state index in [1.165, 1.54) is 22.3 Å². The quantitative estimate of drug-likeness (QED) is 0.590. The fraction of sp³-hybridized carbons (Fsp3) is 0.462. The molecule has 2 heterocycles. The molecule has 0 aliphatic carbocycles. The number of carbonyl (C=O) groups is 1. The zero-order valence-electron chi connectivity index (χ0n) is 18.9. The number of likely N-dealkylation sites (tertiary alicyclic amines) is 1. The first kappa shape index (κ1) is 22.1. The number of nitrogens with zero attached hydrogens (tertiary/aromatic N) is 2. The number of allylic oxidation sites excluding steroid dienone is 1. The molecule has 1 amide bonds. The molecule has 0 bridgehead atoms. The van der Waals surface area contributed by atoms with E-state index in [1.807, 2.05) is 50.2 Å². The van der Waals surface area contributed by atoms with Gasteiger partial charge in [-0.25, -0.2) is 4.79 Å². The minimum atomic E-state index is -0.448. The van der Waals surface area contributed by atoms with Crippen molar-refractivity contribution < 1.29 is 9.53 Å². The lowest BCUT2D eigenvalue weighted by atomic mass is 9.86. The number of carbonyl (C=O) groups excluding carboxylic acids is 1. The normalized spacial score (nSPS) is 16.1. The molecule has 4 nitrogen and oxygen atoms in total. The average Bonchev–Trinajstić information content (AvgIpc) is 2.71. The van der Waals surface area contributed by atoms with Crippen LogP contribution >= 0.6 is 0 Å². The van der Waals surface area contributed by atoms with Gasteiger partial charge in [-0.3, -0.25) is 4.98 Å². The number of amides is 1. The van der Waals surface area contributed by atoms with Gasteiger partial charge in [0.25, 0.3) is 0 Å². The Hall–Kier alpha value is -2.62. The number of rotatable bonds is 4. The van der Waals surface area contributed by atoms with Crippen LogP contribution in [0.15, 0.2) is 48.8 Å². The first-order valence-electron chi connectivity index (χ1n) is 10.9. The number of piperidine rings is 1. The van der Waals surface area contributed by atoms with Gasteiger partial charge in [0.1, 0.15) is 5.60 Å². The second kappa shape index (κ2) is 9.46. The molecule has 30 heavy (non-hydrogen) atoms. The lowest BCUT2D eigenvalue weighted by Gasteiger charge is -2.33. The summed E-state index contributed by atoms with van der Waals surface area (Å²) in [5.41, 5.74) is 4.68. The summed E-state index contributed by atoms with van der Waals surface area (Å²) in [6, 6.07) is 13.0. The van der Waals surface area contributed by atoms with Gasteiger partial charge in [-0.15, -0.1) is 0 Å². The first-order chi connectivity index (χ1) is 14.2. The van der Waals surface area contributed by atoms with Crippen LogP contribution in [0.1, 0.15) is 70.1 Å². The Balaban J connectivity index is 1.73. The molecule has 1 fully saturated rings. The molecule has 0 atom stereocenters. The van der Waals surface area contributed by atoms with Gasteiger partial charge in [0, 0.05) is 25.5 Å². The van der Waals surface area contributed by atoms with Crippen LogP contribution in [0.2, 0.25) is 0 Å². The van der Waals surface area contributed by atoms with Crippen LogP contribution in [0.5, 0.6) is 0 Å². The topological polar surface area (TPSA) is 42.4 Å². The number of pyridine rings is 1. The third kappa shape index (κ3) is 5.94. The predicted molar refractivity (Wildman–Crippen MR) is 123 cm³/mol. The molecular weight excluding hydrogens is 372 g/mol.